The highest BCUT2D eigenvalue weighted by atomic mass is 16.5. The van der Waals surface area contributed by atoms with Gasteiger partial charge in [0, 0.05) is 24.1 Å². The minimum absolute atomic E-state index is 0.107. The van der Waals surface area contributed by atoms with Crippen LogP contribution in [-0.2, 0) is 31.9 Å². The Kier molecular flexibility index (Phi) is 5.39. The van der Waals surface area contributed by atoms with Crippen LogP contribution in [0.2, 0.25) is 0 Å². The molecule has 3 rings (SSSR count). The van der Waals surface area contributed by atoms with Crippen LogP contribution in [-0.4, -0.2) is 30.7 Å². The third-order valence-corrected chi connectivity index (χ3v) is 6.02. The zero-order valence-corrected chi connectivity index (χ0v) is 17.8. The molecule has 29 heavy (non-hydrogen) atoms. The van der Waals surface area contributed by atoms with Gasteiger partial charge in [-0.2, -0.15) is 0 Å². The van der Waals surface area contributed by atoms with E-state index in [9.17, 15) is 14.4 Å². The first-order valence-corrected chi connectivity index (χ1v) is 9.69. The first-order chi connectivity index (χ1) is 13.7. The molecule has 1 aliphatic carbocycles. The van der Waals surface area contributed by atoms with Gasteiger partial charge in [-0.25, -0.2) is 0 Å². The van der Waals surface area contributed by atoms with Crippen LogP contribution in [0.4, 0.5) is 0 Å². The molecular formula is C23H27NO5. The number of hydrogen-bond donors (Lipinski definition) is 0. The monoisotopic (exact) mass is 397 g/mol. The molecule has 154 valence electrons. The van der Waals surface area contributed by atoms with Gasteiger partial charge in [-0.1, -0.05) is 32.0 Å². The molecule has 1 heterocycles. The Morgan fingerprint density at radius 2 is 1.55 bits per heavy atom. The van der Waals surface area contributed by atoms with E-state index in [0.29, 0.717) is 5.56 Å². The number of esters is 2. The van der Waals surface area contributed by atoms with Crippen LogP contribution in [0.3, 0.4) is 0 Å². The molecule has 0 saturated heterocycles. The number of carbonyl (C=O) groups is 2. The standard InChI is InChI=1S/C23H27NO5/c1-13(2)16-9-7-8-10-19(16)24-15(4)18-12-23(21(26)28-5,22(27)29-6)11-17(18)14(3)20(24)25/h7-10,13H,11-12H2,1-6H3. The van der Waals surface area contributed by atoms with Gasteiger partial charge in [-0.15, -0.1) is 0 Å². The number of methoxy groups -OCH3 is 2. The fourth-order valence-corrected chi connectivity index (χ4v) is 4.40. The lowest BCUT2D eigenvalue weighted by Gasteiger charge is -2.22. The molecule has 0 fully saturated rings. The van der Waals surface area contributed by atoms with Gasteiger partial charge in [0.25, 0.3) is 5.56 Å². The Hall–Kier alpha value is -2.89. The van der Waals surface area contributed by atoms with Crippen molar-refractivity contribution in [3.05, 3.63) is 62.6 Å². The molecule has 0 saturated carbocycles. The number of pyridine rings is 1. The molecule has 1 aromatic heterocycles. The molecule has 0 atom stereocenters. The molecule has 6 nitrogen and oxygen atoms in total. The normalized spacial score (nSPS) is 14.6. The van der Waals surface area contributed by atoms with Crippen molar-refractivity contribution in [2.24, 2.45) is 5.41 Å². The number of fused-ring (bicyclic) bond motifs is 1. The average molecular weight is 397 g/mol. The molecule has 0 aliphatic heterocycles. The van der Waals surface area contributed by atoms with Gasteiger partial charge in [0.05, 0.1) is 19.9 Å². The zero-order chi connectivity index (χ0) is 21.5. The van der Waals surface area contributed by atoms with Gasteiger partial charge in [-0.3, -0.25) is 19.0 Å². The molecule has 1 aliphatic rings. The second kappa shape index (κ2) is 7.50. The van der Waals surface area contributed by atoms with E-state index in [1.54, 1.807) is 11.5 Å². The topological polar surface area (TPSA) is 74.6 Å². The van der Waals surface area contributed by atoms with E-state index in [4.69, 9.17) is 9.47 Å². The van der Waals surface area contributed by atoms with Crippen LogP contribution >= 0.6 is 0 Å². The van der Waals surface area contributed by atoms with Crippen LogP contribution < -0.4 is 5.56 Å². The van der Waals surface area contributed by atoms with Crippen LogP contribution in [0.15, 0.2) is 29.1 Å². The maximum absolute atomic E-state index is 13.3. The summed E-state index contributed by atoms with van der Waals surface area (Å²) >= 11 is 0. The first-order valence-electron chi connectivity index (χ1n) is 9.69. The van der Waals surface area contributed by atoms with E-state index in [0.717, 1.165) is 28.1 Å². The fourth-order valence-electron chi connectivity index (χ4n) is 4.40. The summed E-state index contributed by atoms with van der Waals surface area (Å²) in [6.07, 6.45) is 0.259. The summed E-state index contributed by atoms with van der Waals surface area (Å²) in [7, 11) is 2.52. The SMILES string of the molecule is COC(=O)C1(C(=O)OC)Cc2c(c(C)n(-c3ccccc3C(C)C)c(=O)c2C)C1. The van der Waals surface area contributed by atoms with Crippen molar-refractivity contribution >= 4 is 11.9 Å². The van der Waals surface area contributed by atoms with E-state index < -0.39 is 17.4 Å². The summed E-state index contributed by atoms with van der Waals surface area (Å²) in [4.78, 5) is 38.6. The number of aromatic nitrogens is 1. The summed E-state index contributed by atoms with van der Waals surface area (Å²) in [5, 5.41) is 0. The molecule has 0 radical (unpaired) electrons. The van der Waals surface area contributed by atoms with Crippen LogP contribution in [0.1, 0.15) is 47.7 Å². The average Bonchev–Trinajstić information content (AvgIpc) is 3.14. The van der Waals surface area contributed by atoms with Crippen molar-refractivity contribution in [1.82, 2.24) is 4.57 Å². The van der Waals surface area contributed by atoms with Crippen molar-refractivity contribution in [3.8, 4) is 5.69 Å². The van der Waals surface area contributed by atoms with E-state index >= 15 is 0 Å². The van der Waals surface area contributed by atoms with Crippen molar-refractivity contribution in [1.29, 1.82) is 0 Å². The van der Waals surface area contributed by atoms with Crippen molar-refractivity contribution in [2.45, 2.75) is 46.5 Å². The van der Waals surface area contributed by atoms with E-state index in [1.807, 2.05) is 31.2 Å². The second-order valence-corrected chi connectivity index (χ2v) is 7.94. The van der Waals surface area contributed by atoms with E-state index in [1.165, 1.54) is 14.2 Å². The van der Waals surface area contributed by atoms with Crippen LogP contribution in [0.25, 0.3) is 5.69 Å². The van der Waals surface area contributed by atoms with E-state index in [2.05, 4.69) is 13.8 Å². The number of nitrogens with zero attached hydrogens (tertiary/aromatic N) is 1. The van der Waals surface area contributed by atoms with Gasteiger partial charge in [0.1, 0.15) is 0 Å². The molecule has 0 N–H and O–H groups in total. The molecular weight excluding hydrogens is 370 g/mol. The minimum Gasteiger partial charge on any atom is -0.468 e. The maximum Gasteiger partial charge on any atom is 0.323 e. The Bertz CT molecular complexity index is 1030. The van der Waals surface area contributed by atoms with Crippen LogP contribution in [0, 0.1) is 19.3 Å². The highest BCUT2D eigenvalue weighted by Crippen LogP contribution is 2.42. The number of ether oxygens (including phenoxy) is 2. The Labute approximate surface area is 170 Å². The molecule has 2 aromatic rings. The summed E-state index contributed by atoms with van der Waals surface area (Å²) in [5.41, 5.74) is 3.13. The quantitative estimate of drug-likeness (QED) is 0.586. The molecule has 1 aromatic carbocycles. The summed E-state index contributed by atoms with van der Waals surface area (Å²) in [6, 6.07) is 7.81. The van der Waals surface area contributed by atoms with Gasteiger partial charge in [-0.05, 0) is 42.5 Å². The lowest BCUT2D eigenvalue weighted by atomic mass is 9.84. The van der Waals surface area contributed by atoms with Crippen LogP contribution in [0.5, 0.6) is 0 Å². The summed E-state index contributed by atoms with van der Waals surface area (Å²) < 4.78 is 11.6. The number of hydrogen-bond acceptors (Lipinski definition) is 5. The molecule has 0 unspecified atom stereocenters. The Morgan fingerprint density at radius 1 is 1.00 bits per heavy atom. The van der Waals surface area contributed by atoms with Gasteiger partial charge >= 0.3 is 11.9 Å². The highest BCUT2D eigenvalue weighted by Gasteiger charge is 2.54. The smallest absolute Gasteiger partial charge is 0.323 e. The first kappa shape index (κ1) is 20.8. The van der Waals surface area contributed by atoms with Crippen molar-refractivity contribution < 1.29 is 19.1 Å². The lowest BCUT2D eigenvalue weighted by Crippen LogP contribution is -2.42. The predicted molar refractivity (Wildman–Crippen MR) is 109 cm³/mol. The third kappa shape index (κ3) is 3.07. The lowest BCUT2D eigenvalue weighted by molar-refractivity contribution is -0.168. The number of benzene rings is 1. The van der Waals surface area contributed by atoms with Gasteiger partial charge < -0.3 is 9.47 Å². The predicted octanol–water partition coefficient (Wildman–Crippen LogP) is 3.01. The minimum atomic E-state index is -1.45. The molecule has 0 bridgehead atoms. The highest BCUT2D eigenvalue weighted by molar-refractivity contribution is 6.01. The Balaban J connectivity index is 2.28. The summed E-state index contributed by atoms with van der Waals surface area (Å²) in [6.45, 7) is 7.78. The number of rotatable bonds is 4. The second-order valence-electron chi connectivity index (χ2n) is 7.94. The number of carbonyl (C=O) groups excluding carboxylic acids is 2. The third-order valence-electron chi connectivity index (χ3n) is 6.02. The van der Waals surface area contributed by atoms with Gasteiger partial charge in [0.15, 0.2) is 5.41 Å². The van der Waals surface area contributed by atoms with Gasteiger partial charge in [0.2, 0.25) is 0 Å². The van der Waals surface area contributed by atoms with Crippen molar-refractivity contribution in [3.63, 3.8) is 0 Å². The molecule has 6 heteroatoms. The maximum atomic E-state index is 13.3. The zero-order valence-electron chi connectivity index (χ0n) is 17.8. The largest absolute Gasteiger partial charge is 0.468 e. The Morgan fingerprint density at radius 3 is 2.10 bits per heavy atom. The van der Waals surface area contributed by atoms with Crippen molar-refractivity contribution in [2.75, 3.05) is 14.2 Å². The van der Waals surface area contributed by atoms with E-state index in [-0.39, 0.29) is 24.3 Å². The fraction of sp³-hybridized carbons (Fsp3) is 0.435. The molecule has 0 spiro atoms. The summed E-state index contributed by atoms with van der Waals surface area (Å²) in [5.74, 6) is -1.04. The number of para-hydroxylation sites is 1. The molecule has 0 amide bonds.